The van der Waals surface area contributed by atoms with Gasteiger partial charge < -0.3 is 25.0 Å². The van der Waals surface area contributed by atoms with Crippen LogP contribution in [0.2, 0.25) is 0 Å². The standard InChI is InChI=1S/C27H26FN7O3/c1-4-25(36)32-22-8-21(23(37-3)9-24(22)38-19-5-6-35(2)15-19)33-27-31-12-17-11-30-14-20(26(17)34-27)16-7-18(28)13-29-10-16/h4,7-14,19H,1,5-6,15H2,2-3H3,(H,32,36)(H,31,33,34). The molecule has 0 radical (unpaired) electrons. The molecule has 194 valence electrons. The largest absolute Gasteiger partial charge is 0.494 e. The van der Waals surface area contributed by atoms with Gasteiger partial charge in [-0.25, -0.2) is 14.4 Å². The molecular formula is C27H26FN7O3. The molecule has 4 heterocycles. The van der Waals surface area contributed by atoms with Crippen molar-refractivity contribution >= 4 is 34.1 Å². The van der Waals surface area contributed by atoms with Gasteiger partial charge in [0.1, 0.15) is 23.4 Å². The van der Waals surface area contributed by atoms with Gasteiger partial charge in [0.05, 0.1) is 30.2 Å². The molecule has 0 spiro atoms. The normalized spacial score (nSPS) is 15.3. The fraction of sp³-hybridized carbons (Fsp3) is 0.222. The third kappa shape index (κ3) is 5.37. The Morgan fingerprint density at radius 3 is 2.71 bits per heavy atom. The van der Waals surface area contributed by atoms with Gasteiger partial charge in [0, 0.05) is 60.5 Å². The number of likely N-dealkylation sites (N-methyl/N-ethyl adjacent to an activating group) is 1. The van der Waals surface area contributed by atoms with Gasteiger partial charge in [-0.1, -0.05) is 6.58 Å². The van der Waals surface area contributed by atoms with E-state index in [1.807, 2.05) is 7.05 Å². The summed E-state index contributed by atoms with van der Waals surface area (Å²) in [5.41, 5.74) is 2.67. The lowest BCUT2D eigenvalue weighted by Gasteiger charge is -2.20. The lowest BCUT2D eigenvalue weighted by Crippen LogP contribution is -2.22. The molecule has 11 heteroatoms. The molecule has 1 aromatic carbocycles. The van der Waals surface area contributed by atoms with E-state index in [9.17, 15) is 9.18 Å². The molecule has 4 aromatic rings. The van der Waals surface area contributed by atoms with Crippen molar-refractivity contribution in [1.82, 2.24) is 24.8 Å². The van der Waals surface area contributed by atoms with Crippen molar-refractivity contribution in [2.45, 2.75) is 12.5 Å². The quantitative estimate of drug-likeness (QED) is 0.334. The summed E-state index contributed by atoms with van der Waals surface area (Å²) in [5.74, 6) is 0.375. The summed E-state index contributed by atoms with van der Waals surface area (Å²) >= 11 is 0. The van der Waals surface area contributed by atoms with Gasteiger partial charge >= 0.3 is 0 Å². The summed E-state index contributed by atoms with van der Waals surface area (Å²) in [4.78, 5) is 31.6. The van der Waals surface area contributed by atoms with E-state index >= 15 is 0 Å². The van der Waals surface area contributed by atoms with Crippen LogP contribution in [0.1, 0.15) is 6.42 Å². The molecule has 1 aliphatic rings. The minimum atomic E-state index is -0.461. The van der Waals surface area contributed by atoms with Crippen molar-refractivity contribution in [1.29, 1.82) is 0 Å². The molecule has 38 heavy (non-hydrogen) atoms. The molecule has 1 saturated heterocycles. The van der Waals surface area contributed by atoms with Crippen molar-refractivity contribution in [2.24, 2.45) is 0 Å². The Hall–Kier alpha value is -4.64. The Labute approximate surface area is 218 Å². The first kappa shape index (κ1) is 25.0. The Balaban J connectivity index is 1.52. The van der Waals surface area contributed by atoms with Crippen LogP contribution in [0.3, 0.4) is 0 Å². The second-order valence-corrected chi connectivity index (χ2v) is 8.87. The first-order valence-corrected chi connectivity index (χ1v) is 11.9. The number of fused-ring (bicyclic) bond motifs is 1. The zero-order valence-electron chi connectivity index (χ0n) is 20.9. The number of pyridine rings is 2. The molecule has 1 aliphatic heterocycles. The third-order valence-electron chi connectivity index (χ3n) is 6.14. The lowest BCUT2D eigenvalue weighted by molar-refractivity contribution is -0.111. The van der Waals surface area contributed by atoms with E-state index in [1.165, 1.54) is 19.3 Å². The van der Waals surface area contributed by atoms with Crippen LogP contribution in [0, 0.1) is 5.82 Å². The number of hydrogen-bond acceptors (Lipinski definition) is 9. The van der Waals surface area contributed by atoms with E-state index in [0.29, 0.717) is 44.9 Å². The summed E-state index contributed by atoms with van der Waals surface area (Å²) in [6.45, 7) is 5.25. The maximum atomic E-state index is 13.8. The lowest BCUT2D eigenvalue weighted by atomic mass is 10.1. The number of rotatable bonds is 8. The molecule has 1 atom stereocenters. The van der Waals surface area contributed by atoms with Crippen molar-refractivity contribution in [3.63, 3.8) is 0 Å². The molecule has 0 aliphatic carbocycles. The van der Waals surface area contributed by atoms with Gasteiger partial charge in [-0.05, 0) is 31.7 Å². The monoisotopic (exact) mass is 515 g/mol. The molecule has 3 aromatic heterocycles. The molecule has 0 bridgehead atoms. The number of hydrogen-bond donors (Lipinski definition) is 2. The number of carbonyl (C=O) groups excluding carboxylic acids is 1. The second kappa shape index (κ2) is 10.8. The highest BCUT2D eigenvalue weighted by molar-refractivity contribution is 6.00. The fourth-order valence-electron chi connectivity index (χ4n) is 4.28. The molecular weight excluding hydrogens is 489 g/mol. The molecule has 1 unspecified atom stereocenters. The van der Waals surface area contributed by atoms with Crippen molar-refractivity contribution in [3.05, 3.63) is 67.7 Å². The molecule has 10 nitrogen and oxygen atoms in total. The number of likely N-dealkylation sites (tertiary alicyclic amines) is 1. The van der Waals surface area contributed by atoms with Crippen LogP contribution in [0.5, 0.6) is 11.5 Å². The molecule has 2 N–H and O–H groups in total. The van der Waals surface area contributed by atoms with Crippen LogP contribution >= 0.6 is 0 Å². The van der Waals surface area contributed by atoms with Gasteiger partial charge in [-0.3, -0.25) is 14.8 Å². The number of amides is 1. The smallest absolute Gasteiger partial charge is 0.247 e. The van der Waals surface area contributed by atoms with Crippen molar-refractivity contribution in [2.75, 3.05) is 37.9 Å². The summed E-state index contributed by atoms with van der Waals surface area (Å²) in [7, 11) is 3.57. The third-order valence-corrected chi connectivity index (χ3v) is 6.14. The summed E-state index contributed by atoms with van der Waals surface area (Å²) in [6.07, 6.45) is 9.58. The molecule has 5 rings (SSSR count). The predicted molar refractivity (Wildman–Crippen MR) is 142 cm³/mol. The number of aromatic nitrogens is 4. The SMILES string of the molecule is C=CC(=O)Nc1cc(Nc2ncc3cncc(-c4cncc(F)c4)c3n2)c(OC)cc1OC1CCN(C)C1. The summed E-state index contributed by atoms with van der Waals surface area (Å²) in [6, 6.07) is 4.79. The number of nitrogens with zero attached hydrogens (tertiary/aromatic N) is 5. The molecule has 1 amide bonds. The number of anilines is 3. The number of nitrogens with one attached hydrogen (secondary N) is 2. The molecule has 1 fully saturated rings. The van der Waals surface area contributed by atoms with E-state index in [0.717, 1.165) is 25.7 Å². The number of benzene rings is 1. The van der Waals surface area contributed by atoms with Gasteiger partial charge in [-0.15, -0.1) is 0 Å². The number of halogens is 1. The zero-order valence-corrected chi connectivity index (χ0v) is 20.9. The average molecular weight is 516 g/mol. The van der Waals surface area contributed by atoms with Crippen LogP contribution in [0.25, 0.3) is 22.0 Å². The number of ether oxygens (including phenoxy) is 2. The minimum absolute atomic E-state index is 0.0175. The summed E-state index contributed by atoms with van der Waals surface area (Å²) < 4.78 is 25.7. The van der Waals surface area contributed by atoms with Crippen LogP contribution in [-0.4, -0.2) is 64.1 Å². The van der Waals surface area contributed by atoms with Gasteiger partial charge in [-0.2, -0.15) is 0 Å². The Morgan fingerprint density at radius 1 is 1.13 bits per heavy atom. The van der Waals surface area contributed by atoms with Crippen molar-refractivity contribution < 1.29 is 18.7 Å². The van der Waals surface area contributed by atoms with E-state index in [-0.39, 0.29) is 18.0 Å². The van der Waals surface area contributed by atoms with Crippen LogP contribution in [0.4, 0.5) is 21.7 Å². The Morgan fingerprint density at radius 2 is 1.97 bits per heavy atom. The van der Waals surface area contributed by atoms with Gasteiger partial charge in [0.25, 0.3) is 0 Å². The Bertz CT molecular complexity index is 1510. The predicted octanol–water partition coefficient (Wildman–Crippen LogP) is 4.19. The highest BCUT2D eigenvalue weighted by atomic mass is 19.1. The van der Waals surface area contributed by atoms with Gasteiger partial charge in [0.15, 0.2) is 0 Å². The average Bonchev–Trinajstić information content (AvgIpc) is 3.33. The van der Waals surface area contributed by atoms with Crippen LogP contribution in [0.15, 0.2) is 61.8 Å². The van der Waals surface area contributed by atoms with Crippen molar-refractivity contribution in [3.8, 4) is 22.6 Å². The maximum absolute atomic E-state index is 13.8. The zero-order chi connectivity index (χ0) is 26.6. The van der Waals surface area contributed by atoms with E-state index < -0.39 is 5.82 Å². The first-order valence-electron chi connectivity index (χ1n) is 11.9. The maximum Gasteiger partial charge on any atom is 0.247 e. The Kier molecular flexibility index (Phi) is 7.09. The second-order valence-electron chi connectivity index (χ2n) is 8.87. The highest BCUT2D eigenvalue weighted by Crippen LogP contribution is 2.39. The fourth-order valence-corrected chi connectivity index (χ4v) is 4.28. The van der Waals surface area contributed by atoms with Crippen LogP contribution < -0.4 is 20.1 Å². The van der Waals surface area contributed by atoms with E-state index in [2.05, 4.69) is 42.0 Å². The van der Waals surface area contributed by atoms with E-state index in [1.54, 1.807) is 36.9 Å². The highest BCUT2D eigenvalue weighted by Gasteiger charge is 2.24. The van der Waals surface area contributed by atoms with Crippen LogP contribution in [-0.2, 0) is 4.79 Å². The minimum Gasteiger partial charge on any atom is -0.494 e. The molecule has 0 saturated carbocycles. The van der Waals surface area contributed by atoms with E-state index in [4.69, 9.17) is 9.47 Å². The topological polar surface area (TPSA) is 114 Å². The number of methoxy groups -OCH3 is 1. The summed E-state index contributed by atoms with van der Waals surface area (Å²) in [5, 5.41) is 6.65. The number of carbonyl (C=O) groups is 1. The van der Waals surface area contributed by atoms with Gasteiger partial charge in [0.2, 0.25) is 11.9 Å². The first-order chi connectivity index (χ1) is 18.4.